The lowest BCUT2D eigenvalue weighted by molar-refractivity contribution is 0.0386. The number of carboxylic acids is 2. The van der Waals surface area contributed by atoms with E-state index in [4.69, 9.17) is 9.98 Å². The molecule has 0 radical (unpaired) electrons. The monoisotopic (exact) mass is 754 g/mol. The fraction of sp³-hybridized carbons (Fsp3) is 0.348. The van der Waals surface area contributed by atoms with Crippen molar-refractivity contribution in [1.82, 2.24) is 10.3 Å². The van der Waals surface area contributed by atoms with Gasteiger partial charge in [-0.05, 0) is 103 Å². The number of nitrogens with zero attached hydrogens (tertiary/aromatic N) is 2. The summed E-state index contributed by atoms with van der Waals surface area (Å²) in [6.07, 6.45) is 15.5. The Morgan fingerprint density at radius 2 is 1.16 bits per heavy atom. The lowest BCUT2D eigenvalue weighted by Crippen LogP contribution is -2.36. The number of aliphatic imine (C=N–C) groups is 2. The molecule has 4 unspecified atom stereocenters. The van der Waals surface area contributed by atoms with Gasteiger partial charge in [0.15, 0.2) is 0 Å². The van der Waals surface area contributed by atoms with Crippen molar-refractivity contribution in [3.8, 4) is 0 Å². The minimum Gasteiger partial charge on any atom is -0.478 e. The molecular weight excluding hydrogens is 705 g/mol. The maximum absolute atomic E-state index is 11.9. The van der Waals surface area contributed by atoms with Crippen LogP contribution in [-0.4, -0.2) is 73.1 Å². The predicted molar refractivity (Wildman–Crippen MR) is 220 cm³/mol. The van der Waals surface area contributed by atoms with Crippen molar-refractivity contribution < 1.29 is 30.0 Å². The van der Waals surface area contributed by atoms with Crippen LogP contribution in [0, 0.1) is 0 Å². The van der Waals surface area contributed by atoms with Crippen LogP contribution in [0.15, 0.2) is 112 Å². The maximum atomic E-state index is 11.9. The normalized spacial score (nSPS) is 21.6. The molecule has 0 amide bonds. The highest BCUT2D eigenvalue weighted by atomic mass is 16.4. The van der Waals surface area contributed by atoms with E-state index in [0.29, 0.717) is 29.0 Å². The number of carboxylic acid groups (broad SMARTS) is 2. The van der Waals surface area contributed by atoms with Crippen LogP contribution in [0.5, 0.6) is 0 Å². The molecular formula is C46H50N4O6. The molecule has 10 nitrogen and oxygen atoms in total. The summed E-state index contributed by atoms with van der Waals surface area (Å²) < 4.78 is 0. The number of aliphatic hydroxyl groups excluding tert-OH is 2. The van der Waals surface area contributed by atoms with Gasteiger partial charge in [0, 0.05) is 27.4 Å². The van der Waals surface area contributed by atoms with Crippen LogP contribution in [0.3, 0.4) is 0 Å². The number of rotatable bonds is 14. The van der Waals surface area contributed by atoms with Crippen molar-refractivity contribution >= 4 is 40.1 Å². The van der Waals surface area contributed by atoms with Gasteiger partial charge < -0.3 is 25.4 Å². The number of hydrogen-bond acceptors (Lipinski definition) is 7. The average molecular weight is 755 g/mol. The number of aromatic amines is 1. The van der Waals surface area contributed by atoms with E-state index in [0.717, 1.165) is 102 Å². The molecule has 0 spiro atoms. The van der Waals surface area contributed by atoms with Gasteiger partial charge >= 0.3 is 11.9 Å². The SMILES string of the molecule is CCCCCCC1=C2C=CC(=N2)C(CCCCCC)=c2ccc([nH]2)=C(c2ccc(C(=O)O)cc2)C2=NC(=C(c3ccc(C(=O)O)cc3)C3NC1C(O)C3O)C=C2. The predicted octanol–water partition coefficient (Wildman–Crippen LogP) is 6.46. The first kappa shape index (κ1) is 38.8. The number of aromatic nitrogens is 1. The van der Waals surface area contributed by atoms with Gasteiger partial charge in [0.25, 0.3) is 0 Å². The van der Waals surface area contributed by atoms with E-state index in [1.165, 1.54) is 12.1 Å². The third-order valence-electron chi connectivity index (χ3n) is 11.3. The van der Waals surface area contributed by atoms with Gasteiger partial charge in [-0.2, -0.15) is 0 Å². The Hall–Kier alpha value is -5.42. The molecule has 4 aliphatic rings. The first-order valence-electron chi connectivity index (χ1n) is 19.9. The van der Waals surface area contributed by atoms with Crippen molar-refractivity contribution in [2.24, 2.45) is 9.98 Å². The van der Waals surface area contributed by atoms with Crippen LogP contribution in [0.4, 0.5) is 0 Å². The second kappa shape index (κ2) is 17.2. The second-order valence-electron chi connectivity index (χ2n) is 15.0. The maximum Gasteiger partial charge on any atom is 0.335 e. The molecule has 8 bridgehead atoms. The molecule has 0 aliphatic carbocycles. The molecule has 0 saturated carbocycles. The molecule has 56 heavy (non-hydrogen) atoms. The van der Waals surface area contributed by atoms with Gasteiger partial charge in [-0.15, -0.1) is 0 Å². The van der Waals surface area contributed by atoms with E-state index in [1.54, 1.807) is 36.4 Å². The van der Waals surface area contributed by atoms with Gasteiger partial charge in [0.1, 0.15) is 12.2 Å². The summed E-state index contributed by atoms with van der Waals surface area (Å²) in [7, 11) is 0. The number of nitrogens with one attached hydrogen (secondary N) is 2. The Morgan fingerprint density at radius 1 is 0.607 bits per heavy atom. The van der Waals surface area contributed by atoms with Crippen LogP contribution in [0.1, 0.15) is 110 Å². The summed E-state index contributed by atoms with van der Waals surface area (Å²) in [5, 5.41) is 48.5. The number of aromatic carboxylic acids is 2. The number of unbranched alkanes of at least 4 members (excludes halogenated alkanes) is 6. The fourth-order valence-corrected chi connectivity index (χ4v) is 8.24. The number of allylic oxidation sites excluding steroid dienone is 4. The zero-order chi connectivity index (χ0) is 39.3. The number of hydrogen-bond donors (Lipinski definition) is 6. The third kappa shape index (κ3) is 7.95. The minimum absolute atomic E-state index is 0.127. The number of fused-ring (bicyclic) bond motifs is 6. The van der Waals surface area contributed by atoms with E-state index in [-0.39, 0.29) is 11.1 Å². The summed E-state index contributed by atoms with van der Waals surface area (Å²) >= 11 is 0. The molecule has 6 N–H and O–H groups in total. The van der Waals surface area contributed by atoms with Crippen LogP contribution in [0.25, 0.3) is 16.7 Å². The molecule has 1 fully saturated rings. The van der Waals surface area contributed by atoms with E-state index in [9.17, 15) is 30.0 Å². The topological polar surface area (TPSA) is 168 Å². The van der Waals surface area contributed by atoms with Crippen LogP contribution >= 0.6 is 0 Å². The first-order chi connectivity index (χ1) is 27.2. The summed E-state index contributed by atoms with van der Waals surface area (Å²) in [4.78, 5) is 37.8. The molecule has 4 atom stereocenters. The fourth-order valence-electron chi connectivity index (χ4n) is 8.24. The zero-order valence-electron chi connectivity index (χ0n) is 32.0. The highest BCUT2D eigenvalue weighted by molar-refractivity contribution is 6.30. The number of carbonyl (C=O) groups is 2. The van der Waals surface area contributed by atoms with Gasteiger partial charge in [0.05, 0.1) is 46.0 Å². The molecule has 5 heterocycles. The van der Waals surface area contributed by atoms with Crippen molar-refractivity contribution in [3.05, 3.63) is 135 Å². The summed E-state index contributed by atoms with van der Waals surface area (Å²) in [6, 6.07) is 15.9. The smallest absolute Gasteiger partial charge is 0.335 e. The third-order valence-corrected chi connectivity index (χ3v) is 11.3. The molecule has 2 aromatic carbocycles. The van der Waals surface area contributed by atoms with E-state index >= 15 is 0 Å². The Kier molecular flexibility index (Phi) is 11.9. The Morgan fingerprint density at radius 3 is 1.80 bits per heavy atom. The van der Waals surface area contributed by atoms with Crippen molar-refractivity contribution in [3.63, 3.8) is 0 Å². The van der Waals surface area contributed by atoms with E-state index < -0.39 is 36.2 Å². The van der Waals surface area contributed by atoms with Crippen molar-refractivity contribution in [2.45, 2.75) is 102 Å². The van der Waals surface area contributed by atoms with Crippen LogP contribution < -0.4 is 16.0 Å². The Labute approximate surface area is 326 Å². The second-order valence-corrected chi connectivity index (χ2v) is 15.0. The first-order valence-corrected chi connectivity index (χ1v) is 19.9. The largest absolute Gasteiger partial charge is 0.478 e. The van der Waals surface area contributed by atoms with Crippen LogP contribution in [0.2, 0.25) is 0 Å². The highest BCUT2D eigenvalue weighted by Gasteiger charge is 2.46. The Bertz CT molecular complexity index is 2310. The van der Waals surface area contributed by atoms with Crippen molar-refractivity contribution in [2.75, 3.05) is 0 Å². The number of aliphatic hydroxyl groups is 2. The quantitative estimate of drug-likeness (QED) is 0.103. The average Bonchev–Trinajstić information content (AvgIpc) is 4.03. The minimum atomic E-state index is -1.22. The van der Waals surface area contributed by atoms with Crippen molar-refractivity contribution in [1.29, 1.82) is 0 Å². The van der Waals surface area contributed by atoms with Crippen LogP contribution in [-0.2, 0) is 0 Å². The summed E-state index contributed by atoms with van der Waals surface area (Å²) in [6.45, 7) is 4.38. The molecule has 7 rings (SSSR count). The summed E-state index contributed by atoms with van der Waals surface area (Å²) in [5.74, 6) is -2.07. The molecule has 1 saturated heterocycles. The van der Waals surface area contributed by atoms with Gasteiger partial charge in [0.2, 0.25) is 0 Å². The van der Waals surface area contributed by atoms with Gasteiger partial charge in [-0.25, -0.2) is 19.6 Å². The number of H-pyrrole nitrogens is 1. The molecule has 3 aromatic rings. The standard InChI is InChI=1S/C46H50N4O6/c1-3-5-7-9-11-31-33-21-22-35(47-33)32(12-10-8-6-4-2)41-43(51)44(52)42(50-41)40(28-15-19-30(20-16-28)46(55)56)38-26-25-37(49-38)39(36-24-23-34(31)48-36)27-13-17-29(18-14-27)45(53)54/h13-26,41-44,48,50-52H,3-12H2,1-2H3,(H,53,54)(H,55,56). The Balaban J connectivity index is 1.50. The van der Waals surface area contributed by atoms with E-state index in [1.807, 2.05) is 24.3 Å². The lowest BCUT2D eigenvalue weighted by atomic mass is 9.91. The summed E-state index contributed by atoms with van der Waals surface area (Å²) in [5.41, 5.74) is 7.94. The lowest BCUT2D eigenvalue weighted by Gasteiger charge is -2.22. The zero-order valence-corrected chi connectivity index (χ0v) is 32.0. The van der Waals surface area contributed by atoms with Gasteiger partial charge in [-0.1, -0.05) is 76.6 Å². The molecule has 1 aromatic heterocycles. The highest BCUT2D eigenvalue weighted by Crippen LogP contribution is 2.38. The van der Waals surface area contributed by atoms with Gasteiger partial charge in [-0.3, -0.25) is 5.32 Å². The number of benzene rings is 2. The van der Waals surface area contributed by atoms with E-state index in [2.05, 4.69) is 36.3 Å². The molecule has 4 aliphatic heterocycles. The molecule has 10 heteroatoms. The molecule has 290 valence electrons.